The zero-order valence-electron chi connectivity index (χ0n) is 10.6. The Morgan fingerprint density at radius 2 is 2.21 bits per heavy atom. The van der Waals surface area contributed by atoms with Gasteiger partial charge in [-0.05, 0) is 37.9 Å². The summed E-state index contributed by atoms with van der Waals surface area (Å²) in [6.45, 7) is 3.24. The number of nitrogens with one attached hydrogen (secondary N) is 1. The normalized spacial score (nSPS) is 29.2. The van der Waals surface area contributed by atoms with Crippen molar-refractivity contribution in [3.63, 3.8) is 0 Å². The van der Waals surface area contributed by atoms with Crippen LogP contribution in [0.25, 0.3) is 0 Å². The van der Waals surface area contributed by atoms with Gasteiger partial charge >= 0.3 is 0 Å². The van der Waals surface area contributed by atoms with Crippen molar-refractivity contribution in [1.29, 1.82) is 0 Å². The van der Waals surface area contributed by atoms with E-state index in [1.165, 1.54) is 12.3 Å². The Morgan fingerprint density at radius 3 is 2.84 bits per heavy atom. The zero-order chi connectivity index (χ0) is 13.4. The quantitative estimate of drug-likeness (QED) is 0.852. The van der Waals surface area contributed by atoms with E-state index in [0.717, 1.165) is 32.5 Å². The number of nitrogens with zero attached hydrogens (tertiary/aromatic N) is 2. The molecule has 1 aromatic heterocycles. The van der Waals surface area contributed by atoms with Gasteiger partial charge in [-0.15, -0.1) is 0 Å². The van der Waals surface area contributed by atoms with Gasteiger partial charge in [0.25, 0.3) is 5.91 Å². The Morgan fingerprint density at radius 1 is 1.47 bits per heavy atom. The number of hydrogen-bond donors (Lipinski definition) is 2. The third-order valence-electron chi connectivity index (χ3n) is 4.09. The van der Waals surface area contributed by atoms with Gasteiger partial charge in [0.05, 0.1) is 10.6 Å². The van der Waals surface area contributed by atoms with Crippen LogP contribution in [0.4, 0.5) is 5.82 Å². The van der Waals surface area contributed by atoms with E-state index in [-0.39, 0.29) is 11.9 Å². The highest BCUT2D eigenvalue weighted by Gasteiger charge is 2.35. The van der Waals surface area contributed by atoms with Crippen molar-refractivity contribution in [3.8, 4) is 0 Å². The molecule has 3 N–H and O–H groups in total. The number of halogens is 1. The summed E-state index contributed by atoms with van der Waals surface area (Å²) >= 11 is 6.00. The van der Waals surface area contributed by atoms with E-state index in [1.807, 2.05) is 0 Å². The molecule has 2 bridgehead atoms. The number of fused-ring (bicyclic) bond motifs is 3. The molecular formula is C13H17ClN4O. The van der Waals surface area contributed by atoms with Crippen LogP contribution in [-0.4, -0.2) is 41.5 Å². The Balaban J connectivity index is 1.73. The number of piperidine rings is 3. The van der Waals surface area contributed by atoms with E-state index in [4.69, 9.17) is 17.3 Å². The van der Waals surface area contributed by atoms with Crippen molar-refractivity contribution in [2.24, 2.45) is 5.92 Å². The molecule has 3 saturated heterocycles. The van der Waals surface area contributed by atoms with E-state index < -0.39 is 0 Å². The number of amides is 1. The number of nitrogens with two attached hydrogens (primary N) is 1. The molecule has 6 heteroatoms. The minimum absolute atomic E-state index is 0.155. The molecule has 3 aliphatic heterocycles. The summed E-state index contributed by atoms with van der Waals surface area (Å²) in [5.41, 5.74) is 6.01. The average molecular weight is 281 g/mol. The summed E-state index contributed by atoms with van der Waals surface area (Å²) in [5, 5.41) is 3.43. The first-order valence-corrected chi connectivity index (χ1v) is 6.95. The second-order valence-corrected chi connectivity index (χ2v) is 5.71. The lowest BCUT2D eigenvalue weighted by Gasteiger charge is -2.44. The number of pyridine rings is 1. The summed E-state index contributed by atoms with van der Waals surface area (Å²) in [7, 11) is 0. The number of nitrogen functional groups attached to an aromatic ring is 1. The van der Waals surface area contributed by atoms with Gasteiger partial charge in [-0.3, -0.25) is 4.79 Å². The molecule has 0 radical (unpaired) electrons. The summed E-state index contributed by atoms with van der Waals surface area (Å²) in [6.07, 6.45) is 3.75. The van der Waals surface area contributed by atoms with Crippen molar-refractivity contribution in [1.82, 2.24) is 15.2 Å². The Hall–Kier alpha value is -1.33. The molecule has 3 fully saturated rings. The van der Waals surface area contributed by atoms with Crippen molar-refractivity contribution >= 4 is 23.3 Å². The molecular weight excluding hydrogens is 264 g/mol. The van der Waals surface area contributed by atoms with E-state index in [2.05, 4.69) is 15.2 Å². The lowest BCUT2D eigenvalue weighted by atomic mass is 9.84. The number of rotatable bonds is 2. The van der Waals surface area contributed by atoms with Crippen LogP contribution in [0.15, 0.2) is 12.3 Å². The SMILES string of the molecule is Nc1cc(C(=O)NC2CN3CCC2CC3)c(Cl)cn1. The standard InChI is InChI=1S/C13H17ClN4O/c14-10-6-16-12(15)5-9(10)13(19)17-11-7-18-3-1-8(11)2-4-18/h5-6,8,11H,1-4,7H2,(H2,15,16)(H,17,19). The highest BCUT2D eigenvalue weighted by atomic mass is 35.5. The number of anilines is 1. The van der Waals surface area contributed by atoms with Crippen molar-refractivity contribution < 1.29 is 4.79 Å². The summed E-state index contributed by atoms with van der Waals surface area (Å²) in [6, 6.07) is 1.75. The molecule has 0 aliphatic carbocycles. The molecule has 5 nitrogen and oxygen atoms in total. The lowest BCUT2D eigenvalue weighted by Crippen LogP contribution is -2.57. The summed E-state index contributed by atoms with van der Waals surface area (Å²) < 4.78 is 0. The second-order valence-electron chi connectivity index (χ2n) is 5.31. The molecule has 1 amide bonds. The summed E-state index contributed by atoms with van der Waals surface area (Å²) in [5.74, 6) is 0.744. The maximum atomic E-state index is 12.3. The van der Waals surface area contributed by atoms with Gasteiger partial charge < -0.3 is 16.0 Å². The zero-order valence-corrected chi connectivity index (χ0v) is 11.4. The van der Waals surface area contributed by atoms with E-state index in [1.54, 1.807) is 0 Å². The van der Waals surface area contributed by atoms with Crippen LogP contribution < -0.4 is 11.1 Å². The van der Waals surface area contributed by atoms with Crippen LogP contribution in [0.3, 0.4) is 0 Å². The molecule has 1 unspecified atom stereocenters. The first-order valence-electron chi connectivity index (χ1n) is 6.58. The smallest absolute Gasteiger partial charge is 0.253 e. The Kier molecular flexibility index (Phi) is 3.33. The average Bonchev–Trinajstić information content (AvgIpc) is 2.43. The molecule has 3 aliphatic rings. The van der Waals surface area contributed by atoms with Crippen molar-refractivity contribution in [2.75, 3.05) is 25.4 Å². The van der Waals surface area contributed by atoms with Gasteiger partial charge in [0.15, 0.2) is 0 Å². The molecule has 0 saturated carbocycles. The molecule has 0 spiro atoms. The third kappa shape index (κ3) is 2.53. The van der Waals surface area contributed by atoms with E-state index in [9.17, 15) is 4.79 Å². The van der Waals surface area contributed by atoms with Crippen LogP contribution >= 0.6 is 11.6 Å². The van der Waals surface area contributed by atoms with Gasteiger partial charge in [0.2, 0.25) is 0 Å². The van der Waals surface area contributed by atoms with Gasteiger partial charge in [-0.25, -0.2) is 4.98 Å². The fraction of sp³-hybridized carbons (Fsp3) is 0.538. The highest BCUT2D eigenvalue weighted by Crippen LogP contribution is 2.28. The topological polar surface area (TPSA) is 71.2 Å². The molecule has 19 heavy (non-hydrogen) atoms. The predicted molar refractivity (Wildman–Crippen MR) is 74.1 cm³/mol. The number of aromatic nitrogens is 1. The van der Waals surface area contributed by atoms with E-state index in [0.29, 0.717) is 22.3 Å². The highest BCUT2D eigenvalue weighted by molar-refractivity contribution is 6.33. The molecule has 102 valence electrons. The van der Waals surface area contributed by atoms with Crippen molar-refractivity contribution in [2.45, 2.75) is 18.9 Å². The van der Waals surface area contributed by atoms with Crippen LogP contribution in [-0.2, 0) is 0 Å². The lowest BCUT2D eigenvalue weighted by molar-refractivity contribution is 0.0620. The number of carbonyl (C=O) groups excluding carboxylic acids is 1. The van der Waals surface area contributed by atoms with Crippen LogP contribution in [0, 0.1) is 5.92 Å². The van der Waals surface area contributed by atoms with Gasteiger partial charge in [-0.2, -0.15) is 0 Å². The van der Waals surface area contributed by atoms with Crippen LogP contribution in [0.5, 0.6) is 0 Å². The molecule has 1 aromatic rings. The predicted octanol–water partition coefficient (Wildman–Crippen LogP) is 1.14. The first kappa shape index (κ1) is 12.7. The maximum Gasteiger partial charge on any atom is 0.253 e. The Bertz CT molecular complexity index is 499. The fourth-order valence-corrected chi connectivity index (χ4v) is 3.19. The van der Waals surface area contributed by atoms with Gasteiger partial charge in [-0.1, -0.05) is 11.6 Å². The fourth-order valence-electron chi connectivity index (χ4n) is 3.00. The van der Waals surface area contributed by atoms with E-state index >= 15 is 0 Å². The molecule has 4 rings (SSSR count). The Labute approximate surface area is 117 Å². The first-order chi connectivity index (χ1) is 9.13. The monoisotopic (exact) mass is 280 g/mol. The van der Waals surface area contributed by atoms with Crippen LogP contribution in [0.1, 0.15) is 23.2 Å². The third-order valence-corrected chi connectivity index (χ3v) is 4.39. The molecule has 0 aromatic carbocycles. The van der Waals surface area contributed by atoms with Crippen molar-refractivity contribution in [3.05, 3.63) is 22.8 Å². The minimum atomic E-state index is -0.155. The number of carbonyl (C=O) groups is 1. The summed E-state index contributed by atoms with van der Waals surface area (Å²) in [4.78, 5) is 18.5. The van der Waals surface area contributed by atoms with Gasteiger partial charge in [0, 0.05) is 18.8 Å². The minimum Gasteiger partial charge on any atom is -0.384 e. The second kappa shape index (κ2) is 4.98. The largest absolute Gasteiger partial charge is 0.384 e. The maximum absolute atomic E-state index is 12.3. The van der Waals surface area contributed by atoms with Gasteiger partial charge in [0.1, 0.15) is 5.82 Å². The number of hydrogen-bond acceptors (Lipinski definition) is 4. The molecule has 4 heterocycles. The molecule has 1 atom stereocenters. The van der Waals surface area contributed by atoms with Crippen LogP contribution in [0.2, 0.25) is 5.02 Å².